The maximum Gasteiger partial charge on any atom is 0.328 e. The third kappa shape index (κ3) is 6.31. The second kappa shape index (κ2) is 10.00. The van der Waals surface area contributed by atoms with Crippen molar-refractivity contribution in [2.75, 3.05) is 7.11 Å². The molecule has 0 saturated heterocycles. The summed E-state index contributed by atoms with van der Waals surface area (Å²) in [6.45, 7) is 1.47. The monoisotopic (exact) mass is 407 g/mol. The van der Waals surface area contributed by atoms with Crippen LogP contribution in [0.4, 0.5) is 0 Å². The van der Waals surface area contributed by atoms with Crippen LogP contribution in [0.15, 0.2) is 48.5 Å². The summed E-state index contributed by atoms with van der Waals surface area (Å²) < 4.78 is 10.3. The molecule has 1 N–H and O–H groups in total. The molecule has 0 aliphatic rings. The lowest BCUT2D eigenvalue weighted by molar-refractivity contribution is -0.148. The highest BCUT2D eigenvalue weighted by atomic mass is 35.5. The summed E-state index contributed by atoms with van der Waals surface area (Å²) in [5, 5.41) is 3.37. The summed E-state index contributed by atoms with van der Waals surface area (Å²) in [5.74, 6) is -0.269. The normalized spacial score (nSPS) is 11.9. The van der Waals surface area contributed by atoms with Gasteiger partial charge in [0.1, 0.15) is 18.4 Å². The van der Waals surface area contributed by atoms with Crippen molar-refractivity contribution < 1.29 is 19.1 Å². The largest absolute Gasteiger partial charge is 0.497 e. The van der Waals surface area contributed by atoms with Crippen LogP contribution in [-0.4, -0.2) is 25.0 Å². The summed E-state index contributed by atoms with van der Waals surface area (Å²) in [5.41, 5.74) is 1.35. The van der Waals surface area contributed by atoms with Crippen molar-refractivity contribution in [2.45, 2.75) is 19.6 Å². The molecule has 2 aromatic carbocycles. The van der Waals surface area contributed by atoms with E-state index in [2.05, 4.69) is 5.32 Å². The molecule has 0 heterocycles. The molecule has 2 aromatic rings. The molecule has 27 heavy (non-hydrogen) atoms. The Morgan fingerprint density at radius 3 is 2.33 bits per heavy atom. The number of amides is 1. The van der Waals surface area contributed by atoms with Gasteiger partial charge in [-0.15, -0.1) is 0 Å². The average molecular weight is 408 g/mol. The van der Waals surface area contributed by atoms with Crippen molar-refractivity contribution in [3.05, 3.63) is 69.7 Å². The average Bonchev–Trinajstić information content (AvgIpc) is 2.66. The van der Waals surface area contributed by atoms with Crippen molar-refractivity contribution >= 4 is 41.2 Å². The van der Waals surface area contributed by atoms with E-state index in [-0.39, 0.29) is 6.61 Å². The van der Waals surface area contributed by atoms with Gasteiger partial charge in [-0.2, -0.15) is 0 Å². The Labute approximate surface area is 167 Å². The van der Waals surface area contributed by atoms with Gasteiger partial charge in [-0.25, -0.2) is 4.79 Å². The van der Waals surface area contributed by atoms with E-state index in [0.717, 1.165) is 11.3 Å². The summed E-state index contributed by atoms with van der Waals surface area (Å²) in [4.78, 5) is 24.0. The number of rotatable bonds is 7. The predicted molar refractivity (Wildman–Crippen MR) is 106 cm³/mol. The first-order valence-corrected chi connectivity index (χ1v) is 8.88. The van der Waals surface area contributed by atoms with Crippen molar-refractivity contribution in [2.24, 2.45) is 0 Å². The summed E-state index contributed by atoms with van der Waals surface area (Å²) in [6.07, 6.45) is 2.98. The van der Waals surface area contributed by atoms with Gasteiger partial charge in [-0.05, 0) is 42.8 Å². The number of halogens is 2. The van der Waals surface area contributed by atoms with Crippen LogP contribution in [0.25, 0.3) is 6.08 Å². The summed E-state index contributed by atoms with van der Waals surface area (Å²) in [6, 6.07) is 11.4. The highest BCUT2D eigenvalue weighted by Gasteiger charge is 2.17. The van der Waals surface area contributed by atoms with Crippen LogP contribution in [0.2, 0.25) is 10.0 Å². The van der Waals surface area contributed by atoms with Crippen LogP contribution in [0.5, 0.6) is 5.75 Å². The van der Waals surface area contributed by atoms with Gasteiger partial charge in [0.25, 0.3) is 0 Å². The van der Waals surface area contributed by atoms with Crippen LogP contribution in [0.3, 0.4) is 0 Å². The van der Waals surface area contributed by atoms with E-state index in [1.54, 1.807) is 43.5 Å². The van der Waals surface area contributed by atoms with Crippen LogP contribution in [0, 0.1) is 0 Å². The number of carbonyl (C=O) groups excluding carboxylic acids is 2. The molecule has 1 atom stereocenters. The number of nitrogens with one attached hydrogen (secondary N) is 1. The number of esters is 1. The third-order valence-electron chi connectivity index (χ3n) is 3.68. The predicted octanol–water partition coefficient (Wildman–Crippen LogP) is 4.26. The number of methoxy groups -OCH3 is 1. The van der Waals surface area contributed by atoms with Crippen molar-refractivity contribution in [1.29, 1.82) is 0 Å². The minimum atomic E-state index is -0.820. The molecule has 0 saturated carbocycles. The van der Waals surface area contributed by atoms with Gasteiger partial charge in [0.15, 0.2) is 0 Å². The van der Waals surface area contributed by atoms with Crippen LogP contribution in [0.1, 0.15) is 18.1 Å². The Bertz CT molecular complexity index is 814. The highest BCUT2D eigenvalue weighted by molar-refractivity contribution is 6.35. The maximum atomic E-state index is 12.1. The number of carbonyl (C=O) groups is 2. The number of benzene rings is 2. The molecular formula is C20H19Cl2NO4. The smallest absolute Gasteiger partial charge is 0.328 e. The van der Waals surface area contributed by atoms with E-state index >= 15 is 0 Å². The van der Waals surface area contributed by atoms with Gasteiger partial charge < -0.3 is 14.8 Å². The lowest BCUT2D eigenvalue weighted by Gasteiger charge is -2.13. The first-order chi connectivity index (χ1) is 12.9. The van der Waals surface area contributed by atoms with E-state index in [9.17, 15) is 9.59 Å². The molecular weight excluding hydrogens is 389 g/mol. The Hall–Kier alpha value is -2.50. The molecule has 142 valence electrons. The SMILES string of the molecule is COc1ccc(/C=C/C(=O)N[C@@H](C)C(=O)OCc2c(Cl)cccc2Cl)cc1. The zero-order valence-electron chi connectivity index (χ0n) is 14.9. The number of hydrogen-bond acceptors (Lipinski definition) is 4. The van der Waals surface area contributed by atoms with E-state index < -0.39 is 17.9 Å². The van der Waals surface area contributed by atoms with Crippen LogP contribution >= 0.6 is 23.2 Å². The molecule has 0 aliphatic carbocycles. The highest BCUT2D eigenvalue weighted by Crippen LogP contribution is 2.25. The standard InChI is InChI=1S/C20H19Cl2NO4/c1-13(20(25)27-12-16-17(21)4-3-5-18(16)22)23-19(24)11-8-14-6-9-15(26-2)10-7-14/h3-11,13H,12H2,1-2H3,(H,23,24)/b11-8+/t13-/m0/s1. The molecule has 7 heteroatoms. The van der Waals surface area contributed by atoms with Gasteiger partial charge >= 0.3 is 5.97 Å². The lowest BCUT2D eigenvalue weighted by atomic mass is 10.2. The number of ether oxygens (including phenoxy) is 2. The molecule has 1 amide bonds. The Morgan fingerprint density at radius 2 is 1.74 bits per heavy atom. The molecule has 0 spiro atoms. The topological polar surface area (TPSA) is 64.6 Å². The molecule has 0 radical (unpaired) electrons. The minimum absolute atomic E-state index is 0.0702. The van der Waals surface area contributed by atoms with Gasteiger partial charge in [-0.1, -0.05) is 41.4 Å². The second-order valence-electron chi connectivity index (χ2n) is 5.64. The third-order valence-corrected chi connectivity index (χ3v) is 4.38. The molecule has 2 rings (SSSR count). The zero-order chi connectivity index (χ0) is 19.8. The molecule has 5 nitrogen and oxygen atoms in total. The van der Waals surface area contributed by atoms with Crippen LogP contribution < -0.4 is 10.1 Å². The first-order valence-electron chi connectivity index (χ1n) is 8.13. The molecule has 0 aliphatic heterocycles. The molecule has 0 bridgehead atoms. The number of hydrogen-bond donors (Lipinski definition) is 1. The fourth-order valence-corrected chi connectivity index (χ4v) is 2.65. The van der Waals surface area contributed by atoms with E-state index in [1.165, 1.54) is 13.0 Å². The summed E-state index contributed by atoms with van der Waals surface area (Å²) in [7, 11) is 1.58. The minimum Gasteiger partial charge on any atom is -0.497 e. The fourth-order valence-electron chi connectivity index (χ4n) is 2.15. The van der Waals surface area contributed by atoms with Gasteiger partial charge in [0.2, 0.25) is 5.91 Å². The van der Waals surface area contributed by atoms with E-state index in [0.29, 0.717) is 15.6 Å². The molecule has 0 aromatic heterocycles. The second-order valence-corrected chi connectivity index (χ2v) is 6.46. The zero-order valence-corrected chi connectivity index (χ0v) is 16.4. The fraction of sp³-hybridized carbons (Fsp3) is 0.200. The van der Waals surface area contributed by atoms with Crippen LogP contribution in [-0.2, 0) is 20.9 Å². The van der Waals surface area contributed by atoms with Crippen molar-refractivity contribution in [1.82, 2.24) is 5.32 Å². The Kier molecular flexibility index (Phi) is 7.70. The lowest BCUT2D eigenvalue weighted by Crippen LogP contribution is -2.38. The van der Waals surface area contributed by atoms with E-state index in [1.807, 2.05) is 12.1 Å². The first kappa shape index (κ1) is 20.8. The molecule has 0 fully saturated rings. The van der Waals surface area contributed by atoms with E-state index in [4.69, 9.17) is 32.7 Å². The Morgan fingerprint density at radius 1 is 1.11 bits per heavy atom. The Balaban J connectivity index is 1.85. The van der Waals surface area contributed by atoms with Gasteiger partial charge in [-0.3, -0.25) is 4.79 Å². The van der Waals surface area contributed by atoms with Crippen molar-refractivity contribution in [3.8, 4) is 5.75 Å². The molecule has 0 unspecified atom stereocenters. The quantitative estimate of drug-likeness (QED) is 0.549. The summed E-state index contributed by atoms with van der Waals surface area (Å²) >= 11 is 12.1. The van der Waals surface area contributed by atoms with Gasteiger partial charge in [0.05, 0.1) is 7.11 Å². The van der Waals surface area contributed by atoms with Gasteiger partial charge in [0, 0.05) is 21.7 Å². The maximum absolute atomic E-state index is 12.1. The van der Waals surface area contributed by atoms with Crippen molar-refractivity contribution in [3.63, 3.8) is 0 Å².